The number of allylic oxidation sites excluding steroid dienone is 4. The Morgan fingerprint density at radius 1 is 0.575 bits per heavy atom. The van der Waals surface area contributed by atoms with Gasteiger partial charge in [0.2, 0.25) is 0 Å². The van der Waals surface area contributed by atoms with Crippen molar-refractivity contribution in [2.24, 2.45) is 5.92 Å². The summed E-state index contributed by atoms with van der Waals surface area (Å²) in [6.07, 6.45) is 0.614. The standard InChI is InChI=1S/C35H31NO4/c1-4-31-32(34(37)25-15-19-29(20-16-25)39-27-11-7-5-8-12-27)23(2)36-24(3)33(31)35(38)26-17-21-30(22-18-26)40-28-13-9-6-10-14-28/h5-22,31,36H,4H2,1-3H3. The van der Waals surface area contributed by atoms with E-state index in [-0.39, 0.29) is 17.5 Å². The van der Waals surface area contributed by atoms with Crippen LogP contribution in [0.4, 0.5) is 0 Å². The molecule has 0 amide bonds. The number of para-hydroxylation sites is 2. The lowest BCUT2D eigenvalue weighted by atomic mass is 9.77. The van der Waals surface area contributed by atoms with Gasteiger partial charge in [0.15, 0.2) is 11.6 Å². The first kappa shape index (κ1) is 26.7. The zero-order valence-corrected chi connectivity index (χ0v) is 22.8. The van der Waals surface area contributed by atoms with Crippen LogP contribution in [-0.2, 0) is 0 Å². The van der Waals surface area contributed by atoms with Gasteiger partial charge >= 0.3 is 0 Å². The minimum Gasteiger partial charge on any atom is -0.457 e. The van der Waals surface area contributed by atoms with Crippen molar-refractivity contribution in [3.63, 3.8) is 0 Å². The number of nitrogens with one attached hydrogen (secondary N) is 1. The average molecular weight is 530 g/mol. The third kappa shape index (κ3) is 5.74. The number of carbonyl (C=O) groups excluding carboxylic acids is 2. The summed E-state index contributed by atoms with van der Waals surface area (Å²) in [5, 5.41) is 3.30. The lowest BCUT2D eigenvalue weighted by molar-refractivity contribution is 0.100. The third-order valence-corrected chi connectivity index (χ3v) is 6.97. The molecule has 0 atom stereocenters. The first-order valence-electron chi connectivity index (χ1n) is 13.4. The van der Waals surface area contributed by atoms with E-state index in [4.69, 9.17) is 9.47 Å². The number of rotatable bonds is 9. The number of ether oxygens (including phenoxy) is 2. The largest absolute Gasteiger partial charge is 0.457 e. The number of ketones is 2. The maximum atomic E-state index is 13.8. The molecule has 5 nitrogen and oxygen atoms in total. The Morgan fingerprint density at radius 3 is 1.27 bits per heavy atom. The normalized spacial score (nSPS) is 13.6. The van der Waals surface area contributed by atoms with Gasteiger partial charge in [0, 0.05) is 39.6 Å². The molecule has 1 aliphatic heterocycles. The number of hydrogen-bond acceptors (Lipinski definition) is 5. The van der Waals surface area contributed by atoms with Gasteiger partial charge in [-0.2, -0.15) is 0 Å². The first-order chi connectivity index (χ1) is 19.4. The summed E-state index contributed by atoms with van der Waals surface area (Å²) in [5.74, 6) is 2.21. The molecule has 1 heterocycles. The quantitative estimate of drug-likeness (QED) is 0.220. The van der Waals surface area contributed by atoms with E-state index in [2.05, 4.69) is 5.32 Å². The molecule has 0 unspecified atom stereocenters. The van der Waals surface area contributed by atoms with E-state index in [0.717, 1.165) is 22.9 Å². The monoisotopic (exact) mass is 529 g/mol. The molecule has 4 aromatic carbocycles. The van der Waals surface area contributed by atoms with E-state index >= 15 is 0 Å². The van der Waals surface area contributed by atoms with E-state index in [0.29, 0.717) is 40.2 Å². The maximum Gasteiger partial charge on any atom is 0.191 e. The molecule has 0 spiro atoms. The molecule has 0 fully saturated rings. The SMILES string of the molecule is CCC1C(C(=O)c2ccc(Oc3ccccc3)cc2)=C(C)NC(C)=C1C(=O)c1ccc(Oc2ccccc2)cc1. The molecule has 0 radical (unpaired) electrons. The van der Waals surface area contributed by atoms with Crippen LogP contribution < -0.4 is 14.8 Å². The van der Waals surface area contributed by atoms with Crippen LogP contribution in [0.2, 0.25) is 0 Å². The molecule has 0 saturated carbocycles. The molecule has 0 bridgehead atoms. The van der Waals surface area contributed by atoms with E-state index in [1.165, 1.54) is 0 Å². The predicted molar refractivity (Wildman–Crippen MR) is 157 cm³/mol. The van der Waals surface area contributed by atoms with Crippen LogP contribution in [0.3, 0.4) is 0 Å². The van der Waals surface area contributed by atoms with Gasteiger partial charge in [0.05, 0.1) is 0 Å². The molecule has 0 saturated heterocycles. The van der Waals surface area contributed by atoms with Crippen molar-refractivity contribution in [2.75, 3.05) is 0 Å². The fraction of sp³-hybridized carbons (Fsp3) is 0.143. The molecule has 0 aliphatic carbocycles. The summed E-state index contributed by atoms with van der Waals surface area (Å²) < 4.78 is 11.8. The Kier molecular flexibility index (Phi) is 7.92. The number of Topliss-reactive ketones (excluding diaryl/α,β-unsaturated/α-hetero) is 2. The van der Waals surface area contributed by atoms with E-state index in [1.807, 2.05) is 81.4 Å². The first-order valence-corrected chi connectivity index (χ1v) is 13.4. The summed E-state index contributed by atoms with van der Waals surface area (Å²) >= 11 is 0. The van der Waals surface area contributed by atoms with Crippen molar-refractivity contribution in [1.82, 2.24) is 5.32 Å². The van der Waals surface area contributed by atoms with Crippen LogP contribution in [0.15, 0.2) is 132 Å². The summed E-state index contributed by atoms with van der Waals surface area (Å²) in [6.45, 7) is 5.79. The van der Waals surface area contributed by atoms with Gasteiger partial charge in [-0.25, -0.2) is 0 Å². The van der Waals surface area contributed by atoms with Crippen LogP contribution >= 0.6 is 0 Å². The van der Waals surface area contributed by atoms with Crippen molar-refractivity contribution < 1.29 is 19.1 Å². The van der Waals surface area contributed by atoms with Crippen molar-refractivity contribution in [3.05, 3.63) is 143 Å². The zero-order valence-electron chi connectivity index (χ0n) is 22.8. The van der Waals surface area contributed by atoms with E-state index < -0.39 is 0 Å². The van der Waals surface area contributed by atoms with Gasteiger partial charge in [-0.3, -0.25) is 9.59 Å². The summed E-state index contributed by atoms with van der Waals surface area (Å²) in [4.78, 5) is 27.6. The molecule has 1 N–H and O–H groups in total. The Balaban J connectivity index is 1.35. The van der Waals surface area contributed by atoms with Crippen LogP contribution in [0.5, 0.6) is 23.0 Å². The Bertz CT molecular complexity index is 1450. The second kappa shape index (κ2) is 11.9. The Hall–Kier alpha value is -4.90. The third-order valence-electron chi connectivity index (χ3n) is 6.97. The molecule has 1 aliphatic rings. The molecule has 5 rings (SSSR count). The van der Waals surface area contributed by atoms with Crippen molar-refractivity contribution in [1.29, 1.82) is 0 Å². The Morgan fingerprint density at radius 2 is 0.925 bits per heavy atom. The van der Waals surface area contributed by atoms with Gasteiger partial charge in [0.1, 0.15) is 23.0 Å². The molecule has 0 aromatic heterocycles. The smallest absolute Gasteiger partial charge is 0.191 e. The van der Waals surface area contributed by atoms with Crippen LogP contribution in [0.1, 0.15) is 47.9 Å². The molecular weight excluding hydrogens is 498 g/mol. The number of hydrogen-bond donors (Lipinski definition) is 1. The average Bonchev–Trinajstić information content (AvgIpc) is 2.98. The fourth-order valence-electron chi connectivity index (χ4n) is 5.06. The minimum absolute atomic E-state index is 0.104. The highest BCUT2D eigenvalue weighted by Crippen LogP contribution is 2.36. The van der Waals surface area contributed by atoms with Crippen LogP contribution in [0.25, 0.3) is 0 Å². The van der Waals surface area contributed by atoms with E-state index in [1.54, 1.807) is 48.5 Å². The lowest BCUT2D eigenvalue weighted by Crippen LogP contribution is -2.32. The fourth-order valence-corrected chi connectivity index (χ4v) is 5.06. The summed E-state index contributed by atoms with van der Waals surface area (Å²) in [6, 6.07) is 33.2. The van der Waals surface area contributed by atoms with Crippen molar-refractivity contribution in [2.45, 2.75) is 27.2 Å². The van der Waals surface area contributed by atoms with Crippen LogP contribution in [0, 0.1) is 5.92 Å². The molecule has 4 aromatic rings. The van der Waals surface area contributed by atoms with Gasteiger partial charge < -0.3 is 14.8 Å². The van der Waals surface area contributed by atoms with E-state index in [9.17, 15) is 9.59 Å². The second-order valence-electron chi connectivity index (χ2n) is 9.70. The highest BCUT2D eigenvalue weighted by atomic mass is 16.5. The molecule has 200 valence electrons. The minimum atomic E-state index is -0.332. The highest BCUT2D eigenvalue weighted by molar-refractivity contribution is 6.15. The number of dihydropyridines is 1. The number of carbonyl (C=O) groups is 2. The molecule has 5 heteroatoms. The van der Waals surface area contributed by atoms with Crippen molar-refractivity contribution >= 4 is 11.6 Å². The van der Waals surface area contributed by atoms with Gasteiger partial charge in [-0.1, -0.05) is 43.3 Å². The summed E-state index contributed by atoms with van der Waals surface area (Å²) in [5.41, 5.74) is 3.84. The van der Waals surface area contributed by atoms with Gasteiger partial charge in [-0.05, 0) is 93.1 Å². The number of benzene rings is 4. The topological polar surface area (TPSA) is 64.6 Å². The zero-order chi connectivity index (χ0) is 28.1. The lowest BCUT2D eigenvalue weighted by Gasteiger charge is -2.30. The maximum absolute atomic E-state index is 13.8. The molecule has 40 heavy (non-hydrogen) atoms. The highest BCUT2D eigenvalue weighted by Gasteiger charge is 2.34. The predicted octanol–water partition coefficient (Wildman–Crippen LogP) is 8.51. The Labute approximate surface area is 234 Å². The summed E-state index contributed by atoms with van der Waals surface area (Å²) in [7, 11) is 0. The van der Waals surface area contributed by atoms with Gasteiger partial charge in [-0.15, -0.1) is 0 Å². The molecular formula is C35H31NO4. The second-order valence-corrected chi connectivity index (χ2v) is 9.70. The van der Waals surface area contributed by atoms with Gasteiger partial charge in [0.25, 0.3) is 0 Å². The van der Waals surface area contributed by atoms with Crippen molar-refractivity contribution in [3.8, 4) is 23.0 Å². The van der Waals surface area contributed by atoms with Crippen LogP contribution in [-0.4, -0.2) is 11.6 Å².